The Bertz CT molecular complexity index is 1600. The van der Waals surface area contributed by atoms with E-state index in [1.54, 1.807) is 12.3 Å². The Morgan fingerprint density at radius 3 is 2.57 bits per heavy atom. The lowest BCUT2D eigenvalue weighted by Crippen LogP contribution is -2.36. The first-order valence-electron chi connectivity index (χ1n) is 18.3. The fourth-order valence-corrected chi connectivity index (χ4v) is 8.81. The van der Waals surface area contributed by atoms with Gasteiger partial charge in [0.1, 0.15) is 11.9 Å². The third-order valence-electron chi connectivity index (χ3n) is 11.5. The lowest BCUT2D eigenvalue weighted by molar-refractivity contribution is -0.00706. The third kappa shape index (κ3) is 7.85. The van der Waals surface area contributed by atoms with Crippen molar-refractivity contribution in [2.45, 2.75) is 113 Å². The van der Waals surface area contributed by atoms with E-state index >= 15 is 0 Å². The van der Waals surface area contributed by atoms with Crippen LogP contribution in [0.4, 0.5) is 5.82 Å². The van der Waals surface area contributed by atoms with Crippen molar-refractivity contribution in [1.82, 2.24) is 9.97 Å². The standard InChI is InChI=1S/C41H53N3O5/c1-2-27-8-3-4-9-35(47)40-28(12-11-27)13-14-29(22-36(40)48)30-15-16-34(46)37(23-30)49-32(26-45)25-33(31-17-21-44-39(42)24-31)41(18-5-6-19-41)38-10-7-20-43-38/h7,10,13-17,20-21,23-24,27-29,32-33,35-36,40,43,45-48H,2-6,8-9,18-19,22,25-26H2,1H3,(H2,42,44)/t27-,28+,29+,32-,33+,35-,36+,40+/m0/s1. The maximum absolute atomic E-state index is 11.5. The minimum absolute atomic E-state index is 0.00829. The Kier molecular flexibility index (Phi) is 11.3. The molecule has 0 spiro atoms. The minimum atomic E-state index is -0.749. The van der Waals surface area contributed by atoms with Crippen molar-refractivity contribution in [3.8, 4) is 23.3 Å². The minimum Gasteiger partial charge on any atom is -0.504 e. The van der Waals surface area contributed by atoms with E-state index < -0.39 is 18.3 Å². The molecule has 2 heterocycles. The number of benzene rings is 1. The average Bonchev–Trinajstić information content (AvgIpc) is 3.80. The molecule has 8 nitrogen and oxygen atoms in total. The molecule has 7 N–H and O–H groups in total. The summed E-state index contributed by atoms with van der Waals surface area (Å²) < 4.78 is 6.48. The molecule has 3 aromatic rings. The van der Waals surface area contributed by atoms with Gasteiger partial charge in [0.2, 0.25) is 0 Å². The second-order valence-corrected chi connectivity index (χ2v) is 14.5. The van der Waals surface area contributed by atoms with E-state index in [1.807, 2.05) is 36.5 Å². The van der Waals surface area contributed by atoms with E-state index in [-0.39, 0.29) is 41.4 Å². The number of fused-ring (bicyclic) bond motifs is 1. The number of aromatic nitrogens is 2. The van der Waals surface area contributed by atoms with E-state index in [0.717, 1.165) is 62.5 Å². The van der Waals surface area contributed by atoms with Crippen LogP contribution in [0.15, 0.2) is 67.0 Å². The molecule has 3 aliphatic rings. The summed E-state index contributed by atoms with van der Waals surface area (Å²) in [6, 6.07) is 13.4. The quantitative estimate of drug-likeness (QED) is 0.104. The summed E-state index contributed by atoms with van der Waals surface area (Å²) in [5.41, 5.74) is 9.10. The summed E-state index contributed by atoms with van der Waals surface area (Å²) in [6.07, 6.45) is 15.7. The van der Waals surface area contributed by atoms with Gasteiger partial charge in [0, 0.05) is 47.2 Å². The molecule has 0 unspecified atom stereocenters. The first kappa shape index (κ1) is 35.1. The first-order chi connectivity index (χ1) is 23.8. The predicted octanol–water partition coefficient (Wildman–Crippen LogP) is 6.72. The van der Waals surface area contributed by atoms with Crippen LogP contribution in [0.3, 0.4) is 0 Å². The lowest BCUT2D eigenvalue weighted by Gasteiger charge is -2.39. The van der Waals surface area contributed by atoms with Gasteiger partial charge in [0.05, 0.1) is 18.8 Å². The van der Waals surface area contributed by atoms with E-state index in [1.165, 1.54) is 5.69 Å². The highest BCUT2D eigenvalue weighted by atomic mass is 16.5. The van der Waals surface area contributed by atoms with Gasteiger partial charge < -0.3 is 35.9 Å². The van der Waals surface area contributed by atoms with Crippen LogP contribution >= 0.6 is 0 Å². The van der Waals surface area contributed by atoms with Gasteiger partial charge in [0.25, 0.3) is 0 Å². The van der Waals surface area contributed by atoms with Crippen molar-refractivity contribution in [3.05, 3.63) is 83.8 Å². The Morgan fingerprint density at radius 1 is 1.02 bits per heavy atom. The molecular weight excluding hydrogens is 614 g/mol. The Labute approximate surface area is 290 Å². The van der Waals surface area contributed by atoms with Crippen LogP contribution in [0, 0.1) is 29.6 Å². The zero-order valence-electron chi connectivity index (χ0n) is 28.7. The summed E-state index contributed by atoms with van der Waals surface area (Å²) in [5, 5.41) is 44.4. The summed E-state index contributed by atoms with van der Waals surface area (Å²) >= 11 is 0. The van der Waals surface area contributed by atoms with Crippen molar-refractivity contribution in [1.29, 1.82) is 0 Å². The summed E-state index contributed by atoms with van der Waals surface area (Å²) in [5.74, 6) is 7.16. The number of phenolic OH excluding ortho intramolecular Hbond substituents is 1. The third-order valence-corrected chi connectivity index (χ3v) is 11.5. The summed E-state index contributed by atoms with van der Waals surface area (Å²) in [7, 11) is 0. The second kappa shape index (κ2) is 15.8. The molecule has 1 aromatic carbocycles. The van der Waals surface area contributed by atoms with Crippen LogP contribution in [0.25, 0.3) is 0 Å². The molecule has 0 aliphatic heterocycles. The highest BCUT2D eigenvalue weighted by Gasteiger charge is 2.45. The maximum Gasteiger partial charge on any atom is 0.161 e. The van der Waals surface area contributed by atoms with E-state index in [0.29, 0.717) is 36.7 Å². The van der Waals surface area contributed by atoms with Crippen molar-refractivity contribution in [2.75, 3.05) is 12.3 Å². The summed E-state index contributed by atoms with van der Waals surface area (Å²) in [6.45, 7) is 1.93. The molecule has 8 atom stereocenters. The van der Waals surface area contributed by atoms with Gasteiger partial charge in [-0.1, -0.05) is 62.7 Å². The van der Waals surface area contributed by atoms with Crippen LogP contribution in [0.5, 0.6) is 11.5 Å². The first-order valence-corrected chi connectivity index (χ1v) is 18.3. The van der Waals surface area contributed by atoms with Gasteiger partial charge in [-0.15, -0.1) is 0 Å². The lowest BCUT2D eigenvalue weighted by atomic mass is 9.66. The number of aromatic amines is 1. The highest BCUT2D eigenvalue weighted by molar-refractivity contribution is 5.45. The molecule has 2 aromatic heterocycles. The number of hydrogen-bond acceptors (Lipinski definition) is 7. The molecule has 6 rings (SSSR count). The van der Waals surface area contributed by atoms with Crippen LogP contribution in [0.1, 0.15) is 106 Å². The predicted molar refractivity (Wildman–Crippen MR) is 192 cm³/mol. The normalized spacial score (nSPS) is 28.0. The van der Waals surface area contributed by atoms with Crippen LogP contribution < -0.4 is 10.5 Å². The van der Waals surface area contributed by atoms with Gasteiger partial charge in [-0.05, 0) is 98.4 Å². The molecule has 1 saturated carbocycles. The van der Waals surface area contributed by atoms with E-state index in [4.69, 9.17) is 10.5 Å². The maximum atomic E-state index is 11.5. The topological polar surface area (TPSA) is 145 Å². The molecule has 262 valence electrons. The van der Waals surface area contributed by atoms with E-state index in [9.17, 15) is 20.4 Å². The van der Waals surface area contributed by atoms with Gasteiger partial charge in [-0.2, -0.15) is 0 Å². The van der Waals surface area contributed by atoms with Crippen molar-refractivity contribution >= 4 is 5.82 Å². The number of aliphatic hydroxyl groups excluding tert-OH is 3. The fraction of sp³-hybridized carbons (Fsp3) is 0.537. The van der Waals surface area contributed by atoms with Gasteiger partial charge >= 0.3 is 0 Å². The number of aromatic hydroxyl groups is 1. The zero-order chi connectivity index (χ0) is 34.4. The Balaban J connectivity index is 1.27. The number of nitrogens with zero attached hydrogens (tertiary/aromatic N) is 1. The van der Waals surface area contributed by atoms with Crippen LogP contribution in [-0.4, -0.2) is 55.3 Å². The van der Waals surface area contributed by atoms with Gasteiger partial charge in [-0.3, -0.25) is 0 Å². The zero-order valence-corrected chi connectivity index (χ0v) is 28.7. The number of ether oxygens (including phenoxy) is 1. The monoisotopic (exact) mass is 667 g/mol. The van der Waals surface area contributed by atoms with Gasteiger partial charge in [-0.25, -0.2) is 4.98 Å². The number of H-pyrrole nitrogens is 1. The molecule has 0 amide bonds. The van der Waals surface area contributed by atoms with Crippen molar-refractivity contribution < 1.29 is 25.2 Å². The number of phenols is 1. The number of pyridine rings is 1. The highest BCUT2D eigenvalue weighted by Crippen LogP contribution is 2.52. The number of nitrogens with one attached hydrogen (secondary N) is 1. The van der Waals surface area contributed by atoms with Crippen LogP contribution in [0.2, 0.25) is 0 Å². The molecule has 49 heavy (non-hydrogen) atoms. The average molecular weight is 668 g/mol. The Hall–Kier alpha value is -3.77. The number of nitrogens with two attached hydrogens (primary N) is 1. The number of hydrogen-bond donors (Lipinski definition) is 6. The largest absolute Gasteiger partial charge is 0.504 e. The van der Waals surface area contributed by atoms with Crippen LogP contribution in [-0.2, 0) is 5.41 Å². The summed E-state index contributed by atoms with van der Waals surface area (Å²) in [4.78, 5) is 7.73. The molecule has 1 fully saturated rings. The number of aliphatic hydroxyl groups is 3. The second-order valence-electron chi connectivity index (χ2n) is 14.5. The Morgan fingerprint density at radius 2 is 1.84 bits per heavy atom. The number of rotatable bonds is 10. The number of nitrogen functional groups attached to an aromatic ring is 1. The van der Waals surface area contributed by atoms with Gasteiger partial charge in [0.15, 0.2) is 11.5 Å². The molecule has 3 aliphatic carbocycles. The van der Waals surface area contributed by atoms with Crippen molar-refractivity contribution in [2.24, 2.45) is 17.8 Å². The molecule has 0 bridgehead atoms. The smallest absolute Gasteiger partial charge is 0.161 e. The fourth-order valence-electron chi connectivity index (χ4n) is 8.81. The molecule has 0 radical (unpaired) electrons. The van der Waals surface area contributed by atoms with Crippen molar-refractivity contribution in [3.63, 3.8) is 0 Å². The molecule has 0 saturated heterocycles. The SMILES string of the molecule is CC[C@@H]1C#C[C@@H]2C=C[C@@H](c3ccc(O)c(O[C@H](CO)C[C@H](c4ccnc(N)c4)C4(c5ccc[nH]5)CCCC4)c3)C[C@@H](O)[C@H]2[C@@H](O)CCCC1. The van der Waals surface area contributed by atoms with E-state index in [2.05, 4.69) is 47.0 Å². The molecule has 8 heteroatoms. The molecular formula is C41H53N3O5. The number of allylic oxidation sites excluding steroid dienone is 2. The number of anilines is 1.